The van der Waals surface area contributed by atoms with Crippen molar-refractivity contribution in [2.24, 2.45) is 0 Å². The summed E-state index contributed by atoms with van der Waals surface area (Å²) in [4.78, 5) is 21.0. The zero-order valence-corrected chi connectivity index (χ0v) is 19.3. The summed E-state index contributed by atoms with van der Waals surface area (Å²) >= 11 is 0. The lowest BCUT2D eigenvalue weighted by Crippen LogP contribution is -2.27. The number of carbonyl (C=O) groups is 1. The zero-order chi connectivity index (χ0) is 25.5. The van der Waals surface area contributed by atoms with Crippen molar-refractivity contribution in [3.63, 3.8) is 0 Å². The molecular formula is C23H19F3N4O5S. The normalized spacial score (nSPS) is 17.8. The predicted octanol–water partition coefficient (Wildman–Crippen LogP) is 4.17. The molecule has 0 spiro atoms. The number of benzene rings is 2. The van der Waals surface area contributed by atoms with Crippen molar-refractivity contribution in [1.29, 1.82) is 0 Å². The smallest absolute Gasteiger partial charge is 0.416 e. The maximum Gasteiger partial charge on any atom is 0.416 e. The molecule has 1 aromatic heterocycles. The SMILES string of the molecule is O=C1OCCN1c1cc(C(F)(F)F)ccc1C1CCOc2cc(S(=O)(=O)Nc3ncccn3)ccc21. The number of cyclic esters (lactones) is 1. The van der Waals surface area contributed by atoms with Crippen molar-refractivity contribution < 1.29 is 35.9 Å². The number of alkyl halides is 3. The molecule has 3 heterocycles. The van der Waals surface area contributed by atoms with Crippen molar-refractivity contribution in [1.82, 2.24) is 9.97 Å². The number of nitrogens with one attached hydrogen (secondary N) is 1. The highest BCUT2D eigenvalue weighted by atomic mass is 32.2. The Labute approximate surface area is 203 Å². The van der Waals surface area contributed by atoms with Crippen LogP contribution in [0.1, 0.15) is 29.0 Å². The van der Waals surface area contributed by atoms with E-state index in [2.05, 4.69) is 14.7 Å². The number of hydrogen-bond donors (Lipinski definition) is 1. The molecule has 2 aliphatic heterocycles. The second kappa shape index (κ2) is 8.97. The summed E-state index contributed by atoms with van der Waals surface area (Å²) in [6.45, 7) is 0.382. The molecule has 13 heteroatoms. The van der Waals surface area contributed by atoms with E-state index in [0.29, 0.717) is 17.5 Å². The summed E-state index contributed by atoms with van der Waals surface area (Å²) in [5.74, 6) is -0.263. The van der Waals surface area contributed by atoms with Crippen LogP contribution in [0.15, 0.2) is 59.8 Å². The van der Waals surface area contributed by atoms with Crippen LogP contribution in [0.5, 0.6) is 5.75 Å². The molecule has 2 aromatic carbocycles. The fourth-order valence-electron chi connectivity index (χ4n) is 4.25. The molecule has 1 fully saturated rings. The summed E-state index contributed by atoms with van der Waals surface area (Å²) in [5, 5.41) is 0. The fraction of sp³-hybridized carbons (Fsp3) is 0.261. The number of ether oxygens (including phenoxy) is 2. The van der Waals surface area contributed by atoms with Gasteiger partial charge in [0.05, 0.1) is 29.3 Å². The summed E-state index contributed by atoms with van der Waals surface area (Å²) in [7, 11) is -4.03. The minimum atomic E-state index is -4.59. The third-order valence-electron chi connectivity index (χ3n) is 5.91. The summed E-state index contributed by atoms with van der Waals surface area (Å²) < 4.78 is 79.0. The number of amides is 1. The molecule has 1 N–H and O–H groups in total. The average Bonchev–Trinajstić information content (AvgIpc) is 3.28. The topological polar surface area (TPSA) is 111 Å². The number of carbonyl (C=O) groups excluding carboxylic acids is 1. The van der Waals surface area contributed by atoms with Crippen molar-refractivity contribution in [3.8, 4) is 5.75 Å². The van der Waals surface area contributed by atoms with Gasteiger partial charge < -0.3 is 9.47 Å². The lowest BCUT2D eigenvalue weighted by molar-refractivity contribution is -0.137. The monoisotopic (exact) mass is 520 g/mol. The first-order chi connectivity index (χ1) is 17.1. The third-order valence-corrected chi connectivity index (χ3v) is 7.24. The van der Waals surface area contributed by atoms with Crippen LogP contribution in [0.4, 0.5) is 29.6 Å². The average molecular weight is 520 g/mol. The van der Waals surface area contributed by atoms with Gasteiger partial charge in [-0.25, -0.2) is 27.9 Å². The van der Waals surface area contributed by atoms with Gasteiger partial charge in [0.2, 0.25) is 5.95 Å². The van der Waals surface area contributed by atoms with Crippen LogP contribution >= 0.6 is 0 Å². The number of fused-ring (bicyclic) bond motifs is 1. The molecule has 0 bridgehead atoms. The minimum Gasteiger partial charge on any atom is -0.493 e. The van der Waals surface area contributed by atoms with Gasteiger partial charge in [0.1, 0.15) is 12.4 Å². The second-order valence-corrected chi connectivity index (χ2v) is 9.79. The molecule has 1 atom stereocenters. The van der Waals surface area contributed by atoms with Gasteiger partial charge in [0.25, 0.3) is 10.0 Å². The Bertz CT molecular complexity index is 1420. The van der Waals surface area contributed by atoms with Crippen molar-refractivity contribution >= 4 is 27.8 Å². The van der Waals surface area contributed by atoms with Crippen LogP contribution in [-0.4, -0.2) is 44.2 Å². The van der Waals surface area contributed by atoms with E-state index < -0.39 is 33.8 Å². The van der Waals surface area contributed by atoms with Gasteiger partial charge in [0, 0.05) is 29.9 Å². The van der Waals surface area contributed by atoms with E-state index in [-0.39, 0.29) is 42.0 Å². The number of halogens is 3. The van der Waals surface area contributed by atoms with Gasteiger partial charge in [-0.1, -0.05) is 12.1 Å². The van der Waals surface area contributed by atoms with Crippen molar-refractivity contribution in [2.45, 2.75) is 23.4 Å². The molecule has 1 unspecified atom stereocenters. The van der Waals surface area contributed by atoms with E-state index in [4.69, 9.17) is 9.47 Å². The molecule has 1 amide bonds. The summed E-state index contributed by atoms with van der Waals surface area (Å²) in [5.41, 5.74) is 0.288. The van der Waals surface area contributed by atoms with Gasteiger partial charge in [0.15, 0.2) is 0 Å². The summed E-state index contributed by atoms with van der Waals surface area (Å²) in [6, 6.07) is 9.09. The van der Waals surface area contributed by atoms with Crippen LogP contribution < -0.4 is 14.4 Å². The standard InChI is InChI=1S/C23H19F3N4O5S/c24-23(25,26)14-2-4-17(19(12-14)30-9-11-35-22(30)31)16-6-10-34-20-13-15(3-5-18(16)20)36(32,33)29-21-27-7-1-8-28-21/h1-5,7-8,12-13,16H,6,9-11H2,(H,27,28,29). The second-order valence-electron chi connectivity index (χ2n) is 8.10. The maximum absolute atomic E-state index is 13.5. The van der Waals surface area contributed by atoms with Crippen molar-refractivity contribution in [2.75, 3.05) is 29.4 Å². The molecule has 0 radical (unpaired) electrons. The first-order valence-corrected chi connectivity index (χ1v) is 12.3. The molecular weight excluding hydrogens is 501 g/mol. The molecule has 188 valence electrons. The minimum absolute atomic E-state index is 0.0677. The Hall–Kier alpha value is -3.87. The van der Waals surface area contributed by atoms with Crippen LogP contribution in [0.2, 0.25) is 0 Å². The molecule has 0 saturated carbocycles. The number of hydrogen-bond acceptors (Lipinski definition) is 7. The Morgan fingerprint density at radius 2 is 1.75 bits per heavy atom. The van der Waals surface area contributed by atoms with E-state index in [1.807, 2.05) is 0 Å². The number of anilines is 2. The quantitative estimate of drug-likeness (QED) is 0.538. The van der Waals surface area contributed by atoms with Gasteiger partial charge >= 0.3 is 12.3 Å². The Kier molecular flexibility index (Phi) is 5.94. The first kappa shape index (κ1) is 23.9. The lowest BCUT2D eigenvalue weighted by Gasteiger charge is -2.30. The van der Waals surface area contributed by atoms with Crippen LogP contribution in [0.25, 0.3) is 0 Å². The largest absolute Gasteiger partial charge is 0.493 e. The molecule has 3 aromatic rings. The number of sulfonamides is 1. The molecule has 9 nitrogen and oxygen atoms in total. The van der Waals surface area contributed by atoms with E-state index in [0.717, 1.165) is 12.1 Å². The predicted molar refractivity (Wildman–Crippen MR) is 121 cm³/mol. The van der Waals surface area contributed by atoms with Gasteiger partial charge in [-0.3, -0.25) is 4.90 Å². The maximum atomic E-state index is 13.5. The van der Waals surface area contributed by atoms with Crippen LogP contribution in [0, 0.1) is 0 Å². The summed E-state index contributed by atoms with van der Waals surface area (Å²) in [6.07, 6.45) is -2.12. The number of nitrogens with zero attached hydrogens (tertiary/aromatic N) is 3. The van der Waals surface area contributed by atoms with E-state index in [9.17, 15) is 26.4 Å². The van der Waals surface area contributed by atoms with E-state index in [1.54, 1.807) is 12.1 Å². The molecule has 0 aliphatic carbocycles. The molecule has 2 aliphatic rings. The van der Waals surface area contributed by atoms with Crippen molar-refractivity contribution in [3.05, 3.63) is 71.5 Å². The van der Waals surface area contributed by atoms with Crippen LogP contribution in [-0.2, 0) is 20.9 Å². The third kappa shape index (κ3) is 4.53. The van der Waals surface area contributed by atoms with E-state index >= 15 is 0 Å². The number of aromatic nitrogens is 2. The highest BCUT2D eigenvalue weighted by molar-refractivity contribution is 7.92. The van der Waals surface area contributed by atoms with Gasteiger partial charge in [-0.2, -0.15) is 13.2 Å². The van der Waals surface area contributed by atoms with Gasteiger partial charge in [-0.15, -0.1) is 0 Å². The molecule has 36 heavy (non-hydrogen) atoms. The molecule has 5 rings (SSSR count). The zero-order valence-electron chi connectivity index (χ0n) is 18.5. The highest BCUT2D eigenvalue weighted by Gasteiger charge is 2.36. The fourth-order valence-corrected chi connectivity index (χ4v) is 5.22. The first-order valence-electron chi connectivity index (χ1n) is 10.9. The number of rotatable bonds is 5. The van der Waals surface area contributed by atoms with E-state index in [1.165, 1.54) is 35.5 Å². The Morgan fingerprint density at radius 3 is 2.44 bits per heavy atom. The highest BCUT2D eigenvalue weighted by Crippen LogP contribution is 2.44. The van der Waals surface area contributed by atoms with Gasteiger partial charge in [-0.05, 0) is 36.2 Å². The van der Waals surface area contributed by atoms with Crippen LogP contribution in [0.3, 0.4) is 0 Å². The lowest BCUT2D eigenvalue weighted by atomic mass is 9.85. The molecule has 1 saturated heterocycles. The Morgan fingerprint density at radius 1 is 1.00 bits per heavy atom. The Balaban J connectivity index is 1.53.